The second-order valence-corrected chi connectivity index (χ2v) is 3.50. The first kappa shape index (κ1) is 11.0. The first-order valence-electron chi connectivity index (χ1n) is 4.90. The molecule has 3 N–H and O–H groups in total. The number of aryl methyl sites for hydroxylation is 1. The Bertz CT molecular complexity index is 543. The molecule has 88 valence electrons. The number of phenols is 2. The fourth-order valence-corrected chi connectivity index (χ4v) is 1.42. The van der Waals surface area contributed by atoms with Crippen LogP contribution in [0.1, 0.15) is 10.4 Å². The summed E-state index contributed by atoms with van der Waals surface area (Å²) in [6.45, 7) is 0. The zero-order chi connectivity index (χ0) is 12.4. The lowest BCUT2D eigenvalue weighted by atomic mass is 10.1. The molecule has 1 aromatic carbocycles. The van der Waals surface area contributed by atoms with Gasteiger partial charge in [0.25, 0.3) is 5.91 Å². The van der Waals surface area contributed by atoms with E-state index < -0.39 is 5.91 Å². The average molecular weight is 233 g/mol. The van der Waals surface area contributed by atoms with Crippen molar-refractivity contribution in [2.75, 3.05) is 5.32 Å². The molecule has 0 aliphatic rings. The van der Waals surface area contributed by atoms with Crippen LogP contribution in [-0.4, -0.2) is 25.9 Å². The Kier molecular flexibility index (Phi) is 2.70. The topological polar surface area (TPSA) is 87.4 Å². The second kappa shape index (κ2) is 4.17. The van der Waals surface area contributed by atoms with Gasteiger partial charge in [0.15, 0.2) is 5.82 Å². The standard InChI is InChI=1S/C11H11N3O3/c1-14-6-5-9(13-14)12-11(17)10-7(15)3-2-4-8(10)16/h2-6,15-16H,1H3,(H,12,13,17). The summed E-state index contributed by atoms with van der Waals surface area (Å²) in [5.41, 5.74) is -0.168. The molecule has 0 saturated heterocycles. The molecular weight excluding hydrogens is 222 g/mol. The molecule has 0 aliphatic heterocycles. The van der Waals surface area contributed by atoms with Gasteiger partial charge in [0, 0.05) is 19.3 Å². The molecule has 17 heavy (non-hydrogen) atoms. The number of rotatable bonds is 2. The summed E-state index contributed by atoms with van der Waals surface area (Å²) in [6, 6.07) is 5.71. The van der Waals surface area contributed by atoms with Crippen molar-refractivity contribution in [1.82, 2.24) is 9.78 Å². The third kappa shape index (κ3) is 2.20. The van der Waals surface area contributed by atoms with Crippen molar-refractivity contribution in [2.24, 2.45) is 7.05 Å². The number of aromatic nitrogens is 2. The molecule has 0 atom stereocenters. The molecule has 2 aromatic rings. The lowest BCUT2D eigenvalue weighted by Crippen LogP contribution is -2.13. The number of amides is 1. The van der Waals surface area contributed by atoms with Gasteiger partial charge < -0.3 is 15.5 Å². The van der Waals surface area contributed by atoms with Crippen LogP contribution >= 0.6 is 0 Å². The van der Waals surface area contributed by atoms with Gasteiger partial charge in [0.2, 0.25) is 0 Å². The number of benzene rings is 1. The molecule has 0 aliphatic carbocycles. The van der Waals surface area contributed by atoms with Gasteiger partial charge in [-0.05, 0) is 12.1 Å². The van der Waals surface area contributed by atoms with Gasteiger partial charge in [0.1, 0.15) is 17.1 Å². The predicted octanol–water partition coefficient (Wildman–Crippen LogP) is 1.08. The van der Waals surface area contributed by atoms with E-state index >= 15 is 0 Å². The Morgan fingerprint density at radius 3 is 2.47 bits per heavy atom. The van der Waals surface area contributed by atoms with E-state index in [0.717, 1.165) is 0 Å². The maximum atomic E-state index is 11.8. The van der Waals surface area contributed by atoms with Gasteiger partial charge >= 0.3 is 0 Å². The Balaban J connectivity index is 2.26. The van der Waals surface area contributed by atoms with E-state index in [1.807, 2.05) is 0 Å². The maximum absolute atomic E-state index is 11.8. The highest BCUT2D eigenvalue weighted by atomic mass is 16.3. The highest BCUT2D eigenvalue weighted by molar-refractivity contribution is 6.07. The first-order valence-corrected chi connectivity index (χ1v) is 4.90. The van der Waals surface area contributed by atoms with Crippen molar-refractivity contribution >= 4 is 11.7 Å². The minimum atomic E-state index is -0.612. The molecule has 0 saturated carbocycles. The lowest BCUT2D eigenvalue weighted by molar-refractivity contribution is 0.102. The SMILES string of the molecule is Cn1ccc(NC(=O)c2c(O)cccc2O)n1. The van der Waals surface area contributed by atoms with E-state index in [4.69, 9.17) is 0 Å². The molecular formula is C11H11N3O3. The third-order valence-electron chi connectivity index (χ3n) is 2.20. The zero-order valence-corrected chi connectivity index (χ0v) is 9.08. The third-order valence-corrected chi connectivity index (χ3v) is 2.20. The molecule has 1 amide bonds. The van der Waals surface area contributed by atoms with Gasteiger partial charge in [-0.25, -0.2) is 0 Å². The summed E-state index contributed by atoms with van der Waals surface area (Å²) in [5, 5.41) is 25.4. The number of nitrogens with zero attached hydrogens (tertiary/aromatic N) is 2. The van der Waals surface area contributed by atoms with Crippen LogP contribution in [0.25, 0.3) is 0 Å². The monoisotopic (exact) mass is 233 g/mol. The van der Waals surface area contributed by atoms with Gasteiger partial charge in [-0.2, -0.15) is 5.10 Å². The molecule has 1 aromatic heterocycles. The van der Waals surface area contributed by atoms with E-state index in [-0.39, 0.29) is 17.1 Å². The van der Waals surface area contributed by atoms with Crippen LogP contribution in [0.5, 0.6) is 11.5 Å². The second-order valence-electron chi connectivity index (χ2n) is 3.50. The predicted molar refractivity (Wildman–Crippen MR) is 60.9 cm³/mol. The number of carbonyl (C=O) groups excluding carboxylic acids is 1. The molecule has 6 nitrogen and oxygen atoms in total. The lowest BCUT2D eigenvalue weighted by Gasteiger charge is -2.06. The van der Waals surface area contributed by atoms with Crippen molar-refractivity contribution in [2.45, 2.75) is 0 Å². The molecule has 0 bridgehead atoms. The zero-order valence-electron chi connectivity index (χ0n) is 9.08. The van der Waals surface area contributed by atoms with E-state index in [2.05, 4.69) is 10.4 Å². The minimum Gasteiger partial charge on any atom is -0.507 e. The number of anilines is 1. The van der Waals surface area contributed by atoms with Crippen LogP contribution in [0.2, 0.25) is 0 Å². The molecule has 6 heteroatoms. The van der Waals surface area contributed by atoms with Gasteiger partial charge in [-0.15, -0.1) is 0 Å². The van der Waals surface area contributed by atoms with Crippen LogP contribution in [0, 0.1) is 0 Å². The van der Waals surface area contributed by atoms with Crippen molar-refractivity contribution in [3.05, 3.63) is 36.0 Å². The Morgan fingerprint density at radius 2 is 1.94 bits per heavy atom. The van der Waals surface area contributed by atoms with E-state index in [1.165, 1.54) is 22.9 Å². The average Bonchev–Trinajstić information content (AvgIpc) is 2.63. The highest BCUT2D eigenvalue weighted by Gasteiger charge is 2.16. The van der Waals surface area contributed by atoms with Gasteiger partial charge in [0.05, 0.1) is 0 Å². The highest BCUT2D eigenvalue weighted by Crippen LogP contribution is 2.26. The van der Waals surface area contributed by atoms with Crippen LogP contribution in [0.3, 0.4) is 0 Å². The van der Waals surface area contributed by atoms with E-state index in [1.54, 1.807) is 19.3 Å². The van der Waals surface area contributed by atoms with Crippen LogP contribution in [-0.2, 0) is 7.05 Å². The summed E-state index contributed by atoms with van der Waals surface area (Å²) in [7, 11) is 1.72. The molecule has 0 spiro atoms. The van der Waals surface area contributed by atoms with Crippen molar-refractivity contribution in [3.63, 3.8) is 0 Å². The fourth-order valence-electron chi connectivity index (χ4n) is 1.42. The summed E-state index contributed by atoms with van der Waals surface area (Å²) < 4.78 is 1.53. The molecule has 0 unspecified atom stereocenters. The fraction of sp³-hybridized carbons (Fsp3) is 0.0909. The Morgan fingerprint density at radius 1 is 1.29 bits per heavy atom. The van der Waals surface area contributed by atoms with Gasteiger partial charge in [-0.1, -0.05) is 6.07 Å². The first-order chi connectivity index (χ1) is 8.08. The van der Waals surface area contributed by atoms with Crippen molar-refractivity contribution < 1.29 is 15.0 Å². The summed E-state index contributed by atoms with van der Waals surface area (Å²) >= 11 is 0. The van der Waals surface area contributed by atoms with Gasteiger partial charge in [-0.3, -0.25) is 9.48 Å². The van der Waals surface area contributed by atoms with Crippen LogP contribution < -0.4 is 5.32 Å². The van der Waals surface area contributed by atoms with Crippen molar-refractivity contribution in [1.29, 1.82) is 0 Å². The smallest absolute Gasteiger partial charge is 0.264 e. The normalized spacial score (nSPS) is 10.2. The summed E-state index contributed by atoms with van der Waals surface area (Å²) in [5.74, 6) is -0.823. The minimum absolute atomic E-state index is 0.168. The van der Waals surface area contributed by atoms with E-state index in [0.29, 0.717) is 5.82 Å². The van der Waals surface area contributed by atoms with Crippen LogP contribution in [0.15, 0.2) is 30.5 Å². The van der Waals surface area contributed by atoms with Crippen LogP contribution in [0.4, 0.5) is 5.82 Å². The number of hydrogen-bond donors (Lipinski definition) is 3. The molecule has 0 radical (unpaired) electrons. The Labute approximate surface area is 97.1 Å². The number of carbonyl (C=O) groups is 1. The van der Waals surface area contributed by atoms with Crippen molar-refractivity contribution in [3.8, 4) is 11.5 Å². The molecule has 2 rings (SSSR count). The largest absolute Gasteiger partial charge is 0.507 e. The molecule has 0 fully saturated rings. The number of nitrogens with one attached hydrogen (secondary N) is 1. The Hall–Kier alpha value is -2.50. The number of hydrogen-bond acceptors (Lipinski definition) is 4. The quantitative estimate of drug-likeness (QED) is 0.724. The number of phenolic OH excluding ortho intramolecular Hbond substituents is 2. The summed E-state index contributed by atoms with van der Waals surface area (Å²) in [6.07, 6.45) is 1.67. The van der Waals surface area contributed by atoms with E-state index in [9.17, 15) is 15.0 Å². The number of aromatic hydroxyl groups is 2. The molecule has 1 heterocycles. The summed E-state index contributed by atoms with van der Waals surface area (Å²) in [4.78, 5) is 11.8. The maximum Gasteiger partial charge on any atom is 0.264 e.